The van der Waals surface area contributed by atoms with Gasteiger partial charge in [0.25, 0.3) is 5.69 Å². The van der Waals surface area contributed by atoms with Crippen LogP contribution in [0.4, 0.5) is 16.2 Å². The first-order valence-corrected chi connectivity index (χ1v) is 7.98. The fourth-order valence-electron chi connectivity index (χ4n) is 2.96. The van der Waals surface area contributed by atoms with Gasteiger partial charge in [-0.15, -0.1) is 0 Å². The van der Waals surface area contributed by atoms with E-state index in [9.17, 15) is 14.9 Å². The zero-order valence-corrected chi connectivity index (χ0v) is 13.8. The van der Waals surface area contributed by atoms with Gasteiger partial charge in [0.05, 0.1) is 11.0 Å². The van der Waals surface area contributed by atoms with Gasteiger partial charge in [-0.05, 0) is 37.1 Å². The van der Waals surface area contributed by atoms with Crippen LogP contribution in [0.25, 0.3) is 0 Å². The summed E-state index contributed by atoms with van der Waals surface area (Å²) in [5.74, 6) is 1.46. The Morgan fingerprint density at radius 3 is 2.80 bits per heavy atom. The van der Waals surface area contributed by atoms with Crippen LogP contribution in [0, 0.1) is 10.1 Å². The first kappa shape index (κ1) is 17.0. The molecule has 0 bridgehead atoms. The van der Waals surface area contributed by atoms with Gasteiger partial charge in [-0.1, -0.05) is 0 Å². The normalized spacial score (nSPS) is 16.8. The molecule has 1 fully saturated rings. The Morgan fingerprint density at radius 2 is 2.12 bits per heavy atom. The van der Waals surface area contributed by atoms with Gasteiger partial charge in [0, 0.05) is 31.5 Å². The number of carbonyl (C=O) groups excluding carboxylic acids is 1. The Morgan fingerprint density at radius 1 is 1.36 bits per heavy atom. The second-order valence-corrected chi connectivity index (χ2v) is 5.82. The zero-order valence-electron chi connectivity index (χ0n) is 13.8. The minimum absolute atomic E-state index is 0.0155. The molecule has 0 aliphatic carbocycles. The maximum absolute atomic E-state index is 12.6. The van der Waals surface area contributed by atoms with Crippen molar-refractivity contribution >= 4 is 17.4 Å². The third-order valence-electron chi connectivity index (χ3n) is 4.14. The number of urea groups is 1. The van der Waals surface area contributed by atoms with Crippen molar-refractivity contribution in [2.24, 2.45) is 0 Å². The van der Waals surface area contributed by atoms with Crippen LogP contribution in [-0.2, 0) is 11.3 Å². The highest BCUT2D eigenvalue weighted by molar-refractivity contribution is 5.89. The van der Waals surface area contributed by atoms with E-state index in [0.717, 1.165) is 24.4 Å². The van der Waals surface area contributed by atoms with Crippen molar-refractivity contribution < 1.29 is 18.9 Å². The fourth-order valence-corrected chi connectivity index (χ4v) is 2.96. The number of nitro groups is 1. The Balaban J connectivity index is 1.68. The molecule has 1 unspecified atom stereocenters. The second-order valence-electron chi connectivity index (χ2n) is 5.82. The fraction of sp³-hybridized carbons (Fsp3) is 0.353. The Hall–Kier alpha value is -2.87. The molecule has 1 aromatic heterocycles. The van der Waals surface area contributed by atoms with E-state index in [-0.39, 0.29) is 17.8 Å². The highest BCUT2D eigenvalue weighted by Crippen LogP contribution is 2.33. The van der Waals surface area contributed by atoms with Gasteiger partial charge < -0.3 is 19.4 Å². The van der Waals surface area contributed by atoms with Crippen molar-refractivity contribution in [1.29, 1.82) is 0 Å². The van der Waals surface area contributed by atoms with Crippen molar-refractivity contribution in [2.75, 3.05) is 19.0 Å². The van der Waals surface area contributed by atoms with Crippen molar-refractivity contribution in [3.8, 4) is 0 Å². The van der Waals surface area contributed by atoms with Crippen LogP contribution in [0.2, 0.25) is 0 Å². The number of ether oxygens (including phenoxy) is 1. The molecule has 8 nitrogen and oxygen atoms in total. The first-order valence-electron chi connectivity index (χ1n) is 7.98. The topological polar surface area (TPSA) is 97.8 Å². The average molecular weight is 345 g/mol. The van der Waals surface area contributed by atoms with Gasteiger partial charge in [0.1, 0.15) is 18.1 Å². The van der Waals surface area contributed by atoms with E-state index in [1.54, 1.807) is 12.0 Å². The lowest BCUT2D eigenvalue weighted by Crippen LogP contribution is -2.34. The van der Waals surface area contributed by atoms with E-state index in [4.69, 9.17) is 9.15 Å². The number of amides is 2. The Bertz CT molecular complexity index is 756. The predicted octanol–water partition coefficient (Wildman–Crippen LogP) is 3.70. The summed E-state index contributed by atoms with van der Waals surface area (Å²) >= 11 is 0. The minimum Gasteiger partial charge on any atom is -0.461 e. The highest BCUT2D eigenvalue weighted by Gasteiger charge is 2.32. The van der Waals surface area contributed by atoms with Crippen LogP contribution in [0.3, 0.4) is 0 Å². The van der Waals surface area contributed by atoms with E-state index in [0.29, 0.717) is 18.8 Å². The number of carbonyl (C=O) groups is 1. The molecule has 1 aliphatic rings. The second kappa shape index (κ2) is 7.35. The summed E-state index contributed by atoms with van der Waals surface area (Å²) in [5.41, 5.74) is 0.499. The van der Waals surface area contributed by atoms with Crippen molar-refractivity contribution in [1.82, 2.24) is 4.90 Å². The van der Waals surface area contributed by atoms with Crippen LogP contribution >= 0.6 is 0 Å². The van der Waals surface area contributed by atoms with Crippen LogP contribution in [0.5, 0.6) is 0 Å². The molecule has 0 spiro atoms. The molecule has 25 heavy (non-hydrogen) atoms. The van der Waals surface area contributed by atoms with Crippen LogP contribution in [0.15, 0.2) is 40.8 Å². The molecule has 8 heteroatoms. The van der Waals surface area contributed by atoms with E-state index in [1.807, 2.05) is 12.1 Å². The quantitative estimate of drug-likeness (QED) is 0.658. The van der Waals surface area contributed by atoms with Gasteiger partial charge >= 0.3 is 6.03 Å². The molecule has 1 atom stereocenters. The summed E-state index contributed by atoms with van der Waals surface area (Å²) in [6, 6.07) is 9.11. The van der Waals surface area contributed by atoms with Gasteiger partial charge in [-0.2, -0.15) is 0 Å². The molecule has 1 N–H and O–H groups in total. The van der Waals surface area contributed by atoms with E-state index < -0.39 is 4.92 Å². The first-order chi connectivity index (χ1) is 12.1. The number of furan rings is 1. The number of hydrogen-bond acceptors (Lipinski definition) is 5. The molecule has 1 aliphatic heterocycles. The molecule has 0 radical (unpaired) electrons. The third-order valence-corrected chi connectivity index (χ3v) is 4.14. The number of likely N-dealkylation sites (tertiary alicyclic amines) is 1. The predicted molar refractivity (Wildman–Crippen MR) is 90.2 cm³/mol. The summed E-state index contributed by atoms with van der Waals surface area (Å²) in [4.78, 5) is 24.5. The van der Waals surface area contributed by atoms with Crippen LogP contribution in [0.1, 0.15) is 30.4 Å². The Labute approximate surface area is 144 Å². The standard InChI is InChI=1S/C17H19N3O5/c1-24-11-14-8-9-16(25-14)15-3-2-10-19(15)17(21)18-12-4-6-13(7-5-12)20(22)23/h4-9,15H,2-3,10-11H2,1H3,(H,18,21). The molecule has 2 aromatic rings. The summed E-state index contributed by atoms with van der Waals surface area (Å²) < 4.78 is 10.8. The number of nitro benzene ring substituents is 1. The maximum Gasteiger partial charge on any atom is 0.322 e. The molecule has 1 aromatic carbocycles. The molecule has 0 saturated carbocycles. The lowest BCUT2D eigenvalue weighted by molar-refractivity contribution is -0.384. The highest BCUT2D eigenvalue weighted by atomic mass is 16.6. The van der Waals surface area contributed by atoms with Gasteiger partial charge in [0.2, 0.25) is 0 Å². The van der Waals surface area contributed by atoms with Gasteiger partial charge in [-0.25, -0.2) is 4.79 Å². The van der Waals surface area contributed by atoms with Gasteiger partial charge in [0.15, 0.2) is 0 Å². The van der Waals surface area contributed by atoms with Crippen molar-refractivity contribution in [3.05, 3.63) is 58.0 Å². The lowest BCUT2D eigenvalue weighted by atomic mass is 10.2. The molecular formula is C17H19N3O5. The zero-order chi connectivity index (χ0) is 17.8. The maximum atomic E-state index is 12.6. The number of non-ortho nitro benzene ring substituents is 1. The number of nitrogens with zero attached hydrogens (tertiary/aromatic N) is 2. The van der Waals surface area contributed by atoms with Crippen LogP contribution < -0.4 is 5.32 Å². The lowest BCUT2D eigenvalue weighted by Gasteiger charge is -2.23. The smallest absolute Gasteiger partial charge is 0.322 e. The molecule has 3 rings (SSSR count). The molecule has 1 saturated heterocycles. The minimum atomic E-state index is -0.476. The molecule has 2 amide bonds. The largest absolute Gasteiger partial charge is 0.461 e. The van der Waals surface area contributed by atoms with E-state index in [1.165, 1.54) is 24.3 Å². The molecular weight excluding hydrogens is 326 g/mol. The molecule has 132 valence electrons. The SMILES string of the molecule is COCc1ccc(C2CCCN2C(=O)Nc2ccc([N+](=O)[O-])cc2)o1. The van der Waals surface area contributed by atoms with Crippen molar-refractivity contribution in [3.63, 3.8) is 0 Å². The summed E-state index contributed by atoms with van der Waals surface area (Å²) in [6.07, 6.45) is 1.71. The Kier molecular flexibility index (Phi) is 4.99. The van der Waals surface area contributed by atoms with E-state index >= 15 is 0 Å². The van der Waals surface area contributed by atoms with E-state index in [2.05, 4.69) is 5.32 Å². The summed E-state index contributed by atoms with van der Waals surface area (Å²) in [7, 11) is 1.60. The molecule has 2 heterocycles. The number of nitrogens with one attached hydrogen (secondary N) is 1. The number of hydrogen-bond donors (Lipinski definition) is 1. The summed E-state index contributed by atoms with van der Waals surface area (Å²) in [5, 5.41) is 13.5. The number of anilines is 1. The van der Waals surface area contributed by atoms with Crippen molar-refractivity contribution in [2.45, 2.75) is 25.5 Å². The third kappa shape index (κ3) is 3.80. The summed E-state index contributed by atoms with van der Waals surface area (Å²) in [6.45, 7) is 1.02. The number of rotatable bonds is 5. The number of methoxy groups -OCH3 is 1. The average Bonchev–Trinajstić information content (AvgIpc) is 3.24. The number of benzene rings is 1. The monoisotopic (exact) mass is 345 g/mol. The van der Waals surface area contributed by atoms with Gasteiger partial charge in [-0.3, -0.25) is 10.1 Å². The van der Waals surface area contributed by atoms with Crippen LogP contribution in [-0.4, -0.2) is 29.5 Å².